The Balaban J connectivity index is 2.01. The molecule has 2 aromatic carbocycles. The van der Waals surface area contributed by atoms with Crippen LogP contribution >= 0.6 is 0 Å². The van der Waals surface area contributed by atoms with Gasteiger partial charge in [0.15, 0.2) is 0 Å². The fraction of sp³-hybridized carbons (Fsp3) is 0.176. The maximum absolute atomic E-state index is 12.1. The molecule has 1 atom stereocenters. The van der Waals surface area contributed by atoms with E-state index in [-0.39, 0.29) is 5.91 Å². The molecule has 5 nitrogen and oxygen atoms in total. The van der Waals surface area contributed by atoms with E-state index in [9.17, 15) is 9.00 Å². The van der Waals surface area contributed by atoms with Gasteiger partial charge in [0, 0.05) is 47.3 Å². The highest BCUT2D eigenvalue weighted by Gasteiger charge is 2.05. The smallest absolute Gasteiger partial charge is 0.271 e. The van der Waals surface area contributed by atoms with E-state index in [1.54, 1.807) is 48.9 Å². The van der Waals surface area contributed by atoms with Crippen molar-refractivity contribution in [2.24, 2.45) is 5.10 Å². The molecule has 0 saturated carbocycles. The predicted molar refractivity (Wildman–Crippen MR) is 94.6 cm³/mol. The van der Waals surface area contributed by atoms with Gasteiger partial charge in [-0.25, -0.2) is 5.43 Å². The van der Waals surface area contributed by atoms with Crippen molar-refractivity contribution in [2.75, 3.05) is 25.3 Å². The number of amides is 1. The molecule has 0 saturated heterocycles. The lowest BCUT2D eigenvalue weighted by Crippen LogP contribution is -2.18. The van der Waals surface area contributed by atoms with Gasteiger partial charge in [-0.3, -0.25) is 9.00 Å². The van der Waals surface area contributed by atoms with Gasteiger partial charge in [0.25, 0.3) is 5.91 Å². The van der Waals surface area contributed by atoms with Crippen LogP contribution in [0.25, 0.3) is 0 Å². The highest BCUT2D eigenvalue weighted by molar-refractivity contribution is 7.84. The van der Waals surface area contributed by atoms with E-state index in [1.807, 2.05) is 31.1 Å². The van der Waals surface area contributed by atoms with E-state index in [0.29, 0.717) is 5.56 Å². The number of hydrogen-bond donors (Lipinski definition) is 1. The van der Waals surface area contributed by atoms with Gasteiger partial charge in [0.2, 0.25) is 0 Å². The Morgan fingerprint density at radius 3 is 2.48 bits per heavy atom. The third kappa shape index (κ3) is 4.75. The van der Waals surface area contributed by atoms with E-state index in [2.05, 4.69) is 10.5 Å². The molecule has 0 fully saturated rings. The molecule has 23 heavy (non-hydrogen) atoms. The predicted octanol–water partition coefficient (Wildman–Crippen LogP) is 2.25. The summed E-state index contributed by atoms with van der Waals surface area (Å²) in [5.74, 6) is -0.267. The SMILES string of the molecule is CN(C)c1cccc(C(=O)N/N=C/c2ccc(S(C)=O)cc2)c1. The number of nitrogens with one attached hydrogen (secondary N) is 1. The summed E-state index contributed by atoms with van der Waals surface area (Å²) in [6.07, 6.45) is 3.18. The summed E-state index contributed by atoms with van der Waals surface area (Å²) >= 11 is 0. The second-order valence-electron chi connectivity index (χ2n) is 5.17. The van der Waals surface area contributed by atoms with Crippen LogP contribution < -0.4 is 10.3 Å². The van der Waals surface area contributed by atoms with E-state index in [0.717, 1.165) is 16.1 Å². The summed E-state index contributed by atoms with van der Waals surface area (Å²) < 4.78 is 11.3. The Kier molecular flexibility index (Phi) is 5.65. The Hall–Kier alpha value is -2.47. The van der Waals surface area contributed by atoms with Crippen molar-refractivity contribution in [3.63, 3.8) is 0 Å². The minimum absolute atomic E-state index is 0.267. The van der Waals surface area contributed by atoms with E-state index in [1.165, 1.54) is 0 Å². The van der Waals surface area contributed by atoms with Crippen molar-refractivity contribution in [1.82, 2.24) is 5.43 Å². The molecular formula is C17H19N3O2S. The molecule has 0 aliphatic heterocycles. The van der Waals surface area contributed by atoms with Gasteiger partial charge in [-0.05, 0) is 35.9 Å². The third-order valence-electron chi connectivity index (χ3n) is 3.22. The molecule has 0 spiro atoms. The van der Waals surface area contributed by atoms with Crippen LogP contribution in [0.5, 0.6) is 0 Å². The fourth-order valence-corrected chi connectivity index (χ4v) is 2.42. The minimum atomic E-state index is -1.000. The zero-order valence-electron chi connectivity index (χ0n) is 13.3. The third-order valence-corrected chi connectivity index (χ3v) is 4.15. The van der Waals surface area contributed by atoms with Gasteiger partial charge in [0.1, 0.15) is 0 Å². The van der Waals surface area contributed by atoms with Crippen LogP contribution in [0.3, 0.4) is 0 Å². The number of carbonyl (C=O) groups is 1. The molecule has 1 N–H and O–H groups in total. The maximum Gasteiger partial charge on any atom is 0.271 e. The summed E-state index contributed by atoms with van der Waals surface area (Å²) in [7, 11) is 2.84. The lowest BCUT2D eigenvalue weighted by Gasteiger charge is -2.12. The first kappa shape index (κ1) is 16.9. The second-order valence-corrected chi connectivity index (χ2v) is 6.55. The minimum Gasteiger partial charge on any atom is -0.378 e. The maximum atomic E-state index is 12.1. The molecule has 0 aliphatic carbocycles. The number of rotatable bonds is 5. The number of carbonyl (C=O) groups excluding carboxylic acids is 1. The highest BCUT2D eigenvalue weighted by Crippen LogP contribution is 2.13. The fourth-order valence-electron chi connectivity index (χ4n) is 1.90. The average Bonchev–Trinajstić information content (AvgIpc) is 2.55. The Morgan fingerprint density at radius 1 is 1.17 bits per heavy atom. The molecule has 120 valence electrons. The number of hydrazone groups is 1. The van der Waals surface area contributed by atoms with Gasteiger partial charge in [-0.2, -0.15) is 5.10 Å². The molecule has 2 aromatic rings. The standard InChI is InChI=1S/C17H19N3O2S/c1-20(2)15-6-4-5-14(11-15)17(21)19-18-12-13-7-9-16(10-8-13)23(3)22/h4-12H,1-3H3,(H,19,21)/b18-12+. The van der Waals surface area contributed by atoms with Crippen LogP contribution in [-0.4, -0.2) is 36.7 Å². The molecular weight excluding hydrogens is 310 g/mol. The first-order chi connectivity index (χ1) is 11.0. The largest absolute Gasteiger partial charge is 0.378 e. The van der Waals surface area contributed by atoms with Crippen molar-refractivity contribution in [2.45, 2.75) is 4.90 Å². The molecule has 1 amide bonds. The zero-order valence-corrected chi connectivity index (χ0v) is 14.1. The lowest BCUT2D eigenvalue weighted by atomic mass is 10.2. The number of anilines is 1. The molecule has 0 heterocycles. The van der Waals surface area contributed by atoms with Crippen molar-refractivity contribution < 1.29 is 9.00 Å². The van der Waals surface area contributed by atoms with Crippen LogP contribution in [0.2, 0.25) is 0 Å². The van der Waals surface area contributed by atoms with Crippen molar-refractivity contribution in [3.8, 4) is 0 Å². The van der Waals surface area contributed by atoms with Gasteiger partial charge in [-0.1, -0.05) is 18.2 Å². The van der Waals surface area contributed by atoms with E-state index in [4.69, 9.17) is 0 Å². The summed E-state index contributed by atoms with van der Waals surface area (Å²) in [5, 5.41) is 3.95. The number of nitrogens with zero attached hydrogens (tertiary/aromatic N) is 2. The first-order valence-electron chi connectivity index (χ1n) is 7.01. The molecule has 0 aromatic heterocycles. The van der Waals surface area contributed by atoms with Gasteiger partial charge >= 0.3 is 0 Å². The van der Waals surface area contributed by atoms with Crippen LogP contribution in [0, 0.1) is 0 Å². The molecule has 2 rings (SSSR count). The first-order valence-corrected chi connectivity index (χ1v) is 8.57. The summed E-state index contributed by atoms with van der Waals surface area (Å²) in [6.45, 7) is 0. The van der Waals surface area contributed by atoms with Gasteiger partial charge in [0.05, 0.1) is 6.21 Å². The summed E-state index contributed by atoms with van der Waals surface area (Å²) in [6, 6.07) is 14.5. The Bertz CT molecular complexity index is 740. The Morgan fingerprint density at radius 2 is 1.87 bits per heavy atom. The molecule has 0 radical (unpaired) electrons. The quantitative estimate of drug-likeness (QED) is 0.676. The zero-order chi connectivity index (χ0) is 16.8. The molecule has 6 heteroatoms. The van der Waals surface area contributed by atoms with Crippen molar-refractivity contribution >= 4 is 28.6 Å². The van der Waals surface area contributed by atoms with Crippen LogP contribution in [0.1, 0.15) is 15.9 Å². The molecule has 1 unspecified atom stereocenters. The van der Waals surface area contributed by atoms with Gasteiger partial charge < -0.3 is 4.90 Å². The van der Waals surface area contributed by atoms with E-state index < -0.39 is 10.8 Å². The topological polar surface area (TPSA) is 61.8 Å². The second kappa shape index (κ2) is 7.69. The highest BCUT2D eigenvalue weighted by atomic mass is 32.2. The normalized spacial score (nSPS) is 12.1. The molecule has 0 bridgehead atoms. The summed E-state index contributed by atoms with van der Waals surface area (Å²) in [5.41, 5.74) is 4.82. The van der Waals surface area contributed by atoms with Crippen LogP contribution in [-0.2, 0) is 10.8 Å². The monoisotopic (exact) mass is 329 g/mol. The molecule has 0 aliphatic rings. The van der Waals surface area contributed by atoms with E-state index >= 15 is 0 Å². The number of benzene rings is 2. The number of hydrogen-bond acceptors (Lipinski definition) is 4. The van der Waals surface area contributed by atoms with Gasteiger partial charge in [-0.15, -0.1) is 0 Å². The van der Waals surface area contributed by atoms with Crippen LogP contribution in [0.15, 0.2) is 58.5 Å². The average molecular weight is 329 g/mol. The summed E-state index contributed by atoms with van der Waals surface area (Å²) in [4.78, 5) is 14.8. The van der Waals surface area contributed by atoms with Crippen LogP contribution in [0.4, 0.5) is 5.69 Å². The van der Waals surface area contributed by atoms with Crippen molar-refractivity contribution in [1.29, 1.82) is 0 Å². The Labute approximate surface area is 138 Å². The van der Waals surface area contributed by atoms with Crippen molar-refractivity contribution in [3.05, 3.63) is 59.7 Å². The lowest BCUT2D eigenvalue weighted by molar-refractivity contribution is 0.0955.